The molecule has 0 unspecified atom stereocenters. The summed E-state index contributed by atoms with van der Waals surface area (Å²) in [5.41, 5.74) is 15.5. The highest BCUT2D eigenvalue weighted by molar-refractivity contribution is 6.13. The lowest BCUT2D eigenvalue weighted by molar-refractivity contribution is 0.660. The van der Waals surface area contributed by atoms with Crippen molar-refractivity contribution >= 4 is 54.0 Å². The van der Waals surface area contributed by atoms with E-state index in [1.165, 1.54) is 115 Å². The zero-order chi connectivity index (χ0) is 36.3. The van der Waals surface area contributed by atoms with Gasteiger partial charge in [0.25, 0.3) is 0 Å². The summed E-state index contributed by atoms with van der Waals surface area (Å²) in [5.74, 6) is 0. The highest BCUT2D eigenvalue weighted by Gasteiger charge is 2.36. The normalized spacial score (nSPS) is 13.3. The molecule has 0 N–H and O–H groups in total. The van der Waals surface area contributed by atoms with Crippen LogP contribution in [-0.2, 0) is 5.41 Å². The van der Waals surface area contributed by atoms with Gasteiger partial charge in [-0.15, -0.1) is 0 Å². The van der Waals surface area contributed by atoms with Gasteiger partial charge in [0.05, 0.1) is 5.52 Å². The van der Waals surface area contributed by atoms with Crippen LogP contribution < -0.4 is 0 Å². The molecule has 0 fully saturated rings. The Balaban J connectivity index is 0.994. The maximum absolute atomic E-state index is 2.48. The molecule has 1 aliphatic rings. The average molecular weight is 690 g/mol. The van der Waals surface area contributed by atoms with Crippen molar-refractivity contribution in [1.29, 1.82) is 0 Å². The summed E-state index contributed by atoms with van der Waals surface area (Å²) in [6.07, 6.45) is 0. The molecule has 9 aromatic carbocycles. The molecule has 10 aromatic rings. The summed E-state index contributed by atoms with van der Waals surface area (Å²) in [6.45, 7) is 9.34. The van der Waals surface area contributed by atoms with E-state index in [4.69, 9.17) is 0 Å². The summed E-state index contributed by atoms with van der Waals surface area (Å²) in [4.78, 5) is 0. The van der Waals surface area contributed by atoms with E-state index in [0.29, 0.717) is 0 Å². The topological polar surface area (TPSA) is 4.93 Å². The SMILES string of the molecule is Cc1c(C)n(-c2ccc3c(c2)C(C)(C)c2cc(-c4ccc5ccccc5c4)ccc2-3)c2cc3ccc4cc(-c5ccc6ccccc6c5)ccc4c3cc12. The fourth-order valence-corrected chi connectivity index (χ4v) is 9.42. The number of hydrogen-bond acceptors (Lipinski definition) is 0. The Hall–Kier alpha value is -6.44. The molecule has 0 radical (unpaired) electrons. The van der Waals surface area contributed by atoms with E-state index in [1.54, 1.807) is 0 Å². The Labute approximate surface area is 315 Å². The first kappa shape index (κ1) is 31.1. The minimum Gasteiger partial charge on any atom is -0.314 e. The van der Waals surface area contributed by atoms with Crippen LogP contribution in [0.25, 0.3) is 93.1 Å². The summed E-state index contributed by atoms with van der Waals surface area (Å²) >= 11 is 0. The van der Waals surface area contributed by atoms with E-state index in [2.05, 4.69) is 196 Å². The molecule has 0 saturated heterocycles. The summed E-state index contributed by atoms with van der Waals surface area (Å²) in [6, 6.07) is 61.4. The predicted octanol–water partition coefficient (Wildman–Crippen LogP) is 14.5. The van der Waals surface area contributed by atoms with E-state index in [9.17, 15) is 0 Å². The van der Waals surface area contributed by atoms with Gasteiger partial charge in [0, 0.05) is 22.2 Å². The first-order valence-corrected chi connectivity index (χ1v) is 19.1. The van der Waals surface area contributed by atoms with Gasteiger partial charge < -0.3 is 4.57 Å². The summed E-state index contributed by atoms with van der Waals surface area (Å²) < 4.78 is 2.48. The van der Waals surface area contributed by atoms with Crippen LogP contribution >= 0.6 is 0 Å². The summed E-state index contributed by atoms with van der Waals surface area (Å²) in [5, 5.41) is 11.5. The van der Waals surface area contributed by atoms with Gasteiger partial charge in [0.15, 0.2) is 0 Å². The van der Waals surface area contributed by atoms with Crippen molar-refractivity contribution in [2.45, 2.75) is 33.1 Å². The quantitative estimate of drug-likeness (QED) is 0.163. The van der Waals surface area contributed by atoms with E-state index in [1.807, 2.05) is 0 Å². The highest BCUT2D eigenvalue weighted by Crippen LogP contribution is 2.51. The Bertz CT molecular complexity index is 3210. The lowest BCUT2D eigenvalue weighted by Crippen LogP contribution is -2.15. The van der Waals surface area contributed by atoms with Crippen molar-refractivity contribution in [3.63, 3.8) is 0 Å². The Morgan fingerprint density at radius 1 is 0.389 bits per heavy atom. The fourth-order valence-electron chi connectivity index (χ4n) is 9.42. The zero-order valence-electron chi connectivity index (χ0n) is 31.0. The van der Waals surface area contributed by atoms with Gasteiger partial charge in [0.2, 0.25) is 0 Å². The van der Waals surface area contributed by atoms with Crippen molar-refractivity contribution < 1.29 is 0 Å². The second-order valence-corrected chi connectivity index (χ2v) is 15.9. The largest absolute Gasteiger partial charge is 0.314 e. The van der Waals surface area contributed by atoms with Gasteiger partial charge in [-0.1, -0.05) is 129 Å². The van der Waals surface area contributed by atoms with Crippen LogP contribution in [0.3, 0.4) is 0 Å². The van der Waals surface area contributed by atoms with Crippen LogP contribution in [0.4, 0.5) is 0 Å². The third kappa shape index (κ3) is 4.51. The molecular weight excluding hydrogens is 651 g/mol. The van der Waals surface area contributed by atoms with Crippen molar-refractivity contribution in [1.82, 2.24) is 4.57 Å². The molecule has 11 rings (SSSR count). The van der Waals surface area contributed by atoms with Gasteiger partial charge in [-0.05, 0) is 156 Å². The monoisotopic (exact) mass is 689 g/mol. The van der Waals surface area contributed by atoms with Crippen LogP contribution in [0.1, 0.15) is 36.2 Å². The maximum Gasteiger partial charge on any atom is 0.0540 e. The van der Waals surface area contributed by atoms with Gasteiger partial charge in [0.1, 0.15) is 0 Å². The molecule has 1 aromatic heterocycles. The number of fused-ring (bicyclic) bond motifs is 9. The number of rotatable bonds is 3. The zero-order valence-corrected chi connectivity index (χ0v) is 31.0. The minimum atomic E-state index is -0.128. The van der Waals surface area contributed by atoms with Crippen molar-refractivity contribution in [2.24, 2.45) is 0 Å². The third-order valence-electron chi connectivity index (χ3n) is 12.6. The second-order valence-electron chi connectivity index (χ2n) is 15.9. The Morgan fingerprint density at radius 2 is 0.889 bits per heavy atom. The standard InChI is InChI=1S/C53H39N/c1-32-33(2)54(44-21-24-47-46-23-20-41(28-50(46)53(3,4)51(47)30-44)39-16-14-35-10-6-8-12-37(35)26-39)52-29-43-18-17-42-27-40(19-22-45(42)49(43)31-48(32)52)38-15-13-34-9-5-7-11-36(34)25-38/h5-31H,1-4H3. The number of aromatic nitrogens is 1. The van der Waals surface area contributed by atoms with Crippen LogP contribution in [0.2, 0.25) is 0 Å². The number of nitrogens with zero attached hydrogens (tertiary/aromatic N) is 1. The van der Waals surface area contributed by atoms with Crippen LogP contribution in [0.5, 0.6) is 0 Å². The van der Waals surface area contributed by atoms with Crippen molar-refractivity contribution in [3.8, 4) is 39.1 Å². The number of benzene rings is 9. The van der Waals surface area contributed by atoms with Gasteiger partial charge in [-0.2, -0.15) is 0 Å². The van der Waals surface area contributed by atoms with Crippen LogP contribution in [0.15, 0.2) is 164 Å². The molecule has 0 saturated carbocycles. The Morgan fingerprint density at radius 3 is 1.56 bits per heavy atom. The molecule has 0 bridgehead atoms. The molecule has 54 heavy (non-hydrogen) atoms. The summed E-state index contributed by atoms with van der Waals surface area (Å²) in [7, 11) is 0. The molecule has 0 atom stereocenters. The van der Waals surface area contributed by atoms with Crippen molar-refractivity contribution in [2.75, 3.05) is 0 Å². The van der Waals surface area contributed by atoms with E-state index < -0.39 is 0 Å². The molecule has 1 heteroatoms. The van der Waals surface area contributed by atoms with Gasteiger partial charge >= 0.3 is 0 Å². The van der Waals surface area contributed by atoms with Gasteiger partial charge in [-0.3, -0.25) is 0 Å². The lowest BCUT2D eigenvalue weighted by atomic mass is 9.81. The molecule has 256 valence electrons. The second kappa shape index (κ2) is 11.3. The van der Waals surface area contributed by atoms with Crippen LogP contribution in [0, 0.1) is 13.8 Å². The predicted molar refractivity (Wildman–Crippen MR) is 231 cm³/mol. The molecule has 0 spiro atoms. The highest BCUT2D eigenvalue weighted by atomic mass is 15.0. The van der Waals surface area contributed by atoms with Crippen LogP contribution in [-0.4, -0.2) is 4.57 Å². The van der Waals surface area contributed by atoms with E-state index >= 15 is 0 Å². The van der Waals surface area contributed by atoms with Gasteiger partial charge in [-0.25, -0.2) is 0 Å². The first-order chi connectivity index (χ1) is 26.3. The molecule has 1 nitrogen and oxygen atoms in total. The first-order valence-electron chi connectivity index (χ1n) is 19.1. The molecule has 1 aliphatic carbocycles. The number of hydrogen-bond donors (Lipinski definition) is 0. The molecule has 0 amide bonds. The number of aryl methyl sites for hydroxylation is 1. The maximum atomic E-state index is 2.48. The van der Waals surface area contributed by atoms with E-state index in [0.717, 1.165) is 0 Å². The lowest BCUT2D eigenvalue weighted by Gasteiger charge is -2.23. The molecular formula is C53H39N. The Kier molecular flexibility index (Phi) is 6.50. The van der Waals surface area contributed by atoms with Crippen molar-refractivity contribution in [3.05, 3.63) is 186 Å². The van der Waals surface area contributed by atoms with E-state index in [-0.39, 0.29) is 5.41 Å². The minimum absolute atomic E-state index is 0.128. The third-order valence-corrected chi connectivity index (χ3v) is 12.6. The molecule has 1 heterocycles. The average Bonchev–Trinajstić information content (AvgIpc) is 3.59. The smallest absolute Gasteiger partial charge is 0.0540 e. The molecule has 0 aliphatic heterocycles. The fraction of sp³-hybridized carbons (Fsp3) is 0.0943.